The summed E-state index contributed by atoms with van der Waals surface area (Å²) in [5, 5.41) is 20.6. The summed E-state index contributed by atoms with van der Waals surface area (Å²) in [6.07, 6.45) is 3.89. The van der Waals surface area contributed by atoms with Gasteiger partial charge in [0.25, 0.3) is 5.78 Å². The maximum atomic E-state index is 13.8. The molecule has 1 atom stereocenters. The number of aliphatic hydroxyl groups excluding tert-OH is 1. The van der Waals surface area contributed by atoms with E-state index < -0.39 is 17.7 Å². The number of thioether (sulfide) groups is 1. The van der Waals surface area contributed by atoms with Gasteiger partial charge in [-0.25, -0.2) is 0 Å². The lowest BCUT2D eigenvalue weighted by Crippen LogP contribution is -2.29. The Balaban J connectivity index is 1.53. The molecule has 1 saturated heterocycles. The number of Topliss-reactive ketones (excluding diaryl/α,β-unsaturated/α-hetero) is 1. The number of ether oxygens (including phenoxy) is 3. The van der Waals surface area contributed by atoms with Crippen LogP contribution in [0.1, 0.15) is 74.8 Å². The Morgan fingerprint density at radius 3 is 2.35 bits per heavy atom. The first-order valence-electron chi connectivity index (χ1n) is 16.3. The number of aliphatic hydroxyl groups is 1. The van der Waals surface area contributed by atoms with Gasteiger partial charge in [-0.05, 0) is 74.2 Å². The summed E-state index contributed by atoms with van der Waals surface area (Å²) >= 11 is 2.73. The topological polar surface area (TPSA) is 111 Å². The van der Waals surface area contributed by atoms with Crippen molar-refractivity contribution in [2.24, 2.45) is 0 Å². The van der Waals surface area contributed by atoms with Gasteiger partial charge in [-0.3, -0.25) is 14.5 Å². The molecule has 0 spiro atoms. The van der Waals surface area contributed by atoms with Crippen LogP contribution in [0.5, 0.6) is 17.2 Å². The van der Waals surface area contributed by atoms with E-state index in [4.69, 9.17) is 14.2 Å². The third-order valence-corrected chi connectivity index (χ3v) is 9.85. The quantitative estimate of drug-likeness (QED) is 0.0309. The summed E-state index contributed by atoms with van der Waals surface area (Å²) in [6, 6.07) is 19.4. The molecule has 0 saturated carbocycles. The van der Waals surface area contributed by atoms with Crippen LogP contribution < -0.4 is 19.1 Å². The highest BCUT2D eigenvalue weighted by Crippen LogP contribution is 2.46. The smallest absolute Gasteiger partial charge is 0.301 e. The summed E-state index contributed by atoms with van der Waals surface area (Å²) < 4.78 is 18.4. The largest absolute Gasteiger partial charge is 0.507 e. The molecule has 0 radical (unpaired) electrons. The second kappa shape index (κ2) is 16.7. The van der Waals surface area contributed by atoms with Crippen LogP contribution in [0.4, 0.5) is 5.13 Å². The number of anilines is 1. The van der Waals surface area contributed by atoms with E-state index in [0.29, 0.717) is 58.3 Å². The fraction of sp³-hybridized carbons (Fsp3) is 0.351. The molecule has 1 unspecified atom stereocenters. The first-order chi connectivity index (χ1) is 23.3. The number of aromatic nitrogens is 2. The number of unbranched alkanes of at least 4 members (excludes halogenated alkanes) is 2. The van der Waals surface area contributed by atoms with E-state index in [1.54, 1.807) is 42.5 Å². The van der Waals surface area contributed by atoms with Gasteiger partial charge in [-0.15, -0.1) is 10.2 Å². The number of hydrogen-bond acceptors (Lipinski definition) is 10. The van der Waals surface area contributed by atoms with Crippen LogP contribution in [-0.4, -0.2) is 46.8 Å². The summed E-state index contributed by atoms with van der Waals surface area (Å²) in [7, 11) is 0. The van der Waals surface area contributed by atoms with Gasteiger partial charge in [-0.2, -0.15) is 0 Å². The molecule has 1 aliphatic rings. The molecule has 1 aromatic heterocycles. The van der Waals surface area contributed by atoms with E-state index in [2.05, 4.69) is 41.4 Å². The summed E-state index contributed by atoms with van der Waals surface area (Å²) in [5.74, 6) is 0.472. The number of aryl methyl sites for hydroxylation is 1. The Labute approximate surface area is 290 Å². The monoisotopic (exact) mass is 687 g/mol. The van der Waals surface area contributed by atoms with Crippen molar-refractivity contribution in [3.05, 3.63) is 94.6 Å². The number of carbonyl (C=O) groups is 2. The fourth-order valence-corrected chi connectivity index (χ4v) is 7.06. The average Bonchev–Trinajstić information content (AvgIpc) is 3.67. The molecule has 48 heavy (non-hydrogen) atoms. The molecule has 0 aliphatic carbocycles. The molecule has 2 heterocycles. The normalized spacial score (nSPS) is 15.6. The Bertz CT molecular complexity index is 1740. The van der Waals surface area contributed by atoms with Crippen molar-refractivity contribution in [2.75, 3.05) is 24.7 Å². The van der Waals surface area contributed by atoms with Crippen molar-refractivity contribution in [1.82, 2.24) is 10.2 Å². The second-order valence-corrected chi connectivity index (χ2v) is 13.5. The molecule has 11 heteroatoms. The highest BCUT2D eigenvalue weighted by atomic mass is 32.2. The molecule has 4 aromatic rings. The minimum Gasteiger partial charge on any atom is -0.507 e. The van der Waals surface area contributed by atoms with Crippen LogP contribution in [-0.2, 0) is 15.3 Å². The van der Waals surface area contributed by atoms with Crippen molar-refractivity contribution in [2.45, 2.75) is 69.5 Å². The number of rotatable bonds is 16. The standard InChI is InChI=1S/C37H41N3O6S2/c1-5-8-9-21-46-29-19-16-27(22-30(29)44-7-3)32-31(33(41)26-14-17-28(18-15-26)45-20-6-2)34(42)35(43)40(32)36-38-39-37(48-36)47-23-25-12-10-24(4)11-13-25/h10-19,22,32,41H,5-9,20-21,23H2,1-4H3. The fourth-order valence-electron chi connectivity index (χ4n) is 5.23. The van der Waals surface area contributed by atoms with Crippen LogP contribution in [0.25, 0.3) is 5.76 Å². The number of hydrogen-bond donors (Lipinski definition) is 1. The van der Waals surface area contributed by atoms with E-state index in [0.717, 1.165) is 31.2 Å². The number of amides is 1. The lowest BCUT2D eigenvalue weighted by atomic mass is 9.95. The second-order valence-electron chi connectivity index (χ2n) is 11.4. The minimum atomic E-state index is -0.989. The molecule has 1 aliphatic heterocycles. The van der Waals surface area contributed by atoms with Gasteiger partial charge in [0.2, 0.25) is 5.13 Å². The van der Waals surface area contributed by atoms with Gasteiger partial charge >= 0.3 is 5.91 Å². The zero-order chi connectivity index (χ0) is 34.0. The number of nitrogens with zero attached hydrogens (tertiary/aromatic N) is 3. The Morgan fingerprint density at radius 2 is 1.65 bits per heavy atom. The lowest BCUT2D eigenvalue weighted by Gasteiger charge is -2.23. The van der Waals surface area contributed by atoms with E-state index in [9.17, 15) is 14.7 Å². The van der Waals surface area contributed by atoms with E-state index >= 15 is 0 Å². The Hall–Kier alpha value is -4.35. The molecule has 5 rings (SSSR count). The van der Waals surface area contributed by atoms with Crippen molar-refractivity contribution in [1.29, 1.82) is 0 Å². The predicted octanol–water partition coefficient (Wildman–Crippen LogP) is 8.52. The van der Waals surface area contributed by atoms with Gasteiger partial charge in [0.05, 0.1) is 31.4 Å². The highest BCUT2D eigenvalue weighted by Gasteiger charge is 2.48. The van der Waals surface area contributed by atoms with Crippen molar-refractivity contribution >= 4 is 45.7 Å². The highest BCUT2D eigenvalue weighted by molar-refractivity contribution is 8.00. The Kier molecular flexibility index (Phi) is 12.1. The summed E-state index contributed by atoms with van der Waals surface area (Å²) in [5.41, 5.74) is 3.21. The minimum absolute atomic E-state index is 0.0506. The predicted molar refractivity (Wildman–Crippen MR) is 190 cm³/mol. The van der Waals surface area contributed by atoms with Crippen LogP contribution in [0, 0.1) is 6.92 Å². The van der Waals surface area contributed by atoms with Crippen LogP contribution in [0.2, 0.25) is 0 Å². The number of ketones is 1. The molecule has 9 nitrogen and oxygen atoms in total. The van der Waals surface area contributed by atoms with Gasteiger partial charge in [0.15, 0.2) is 15.8 Å². The van der Waals surface area contributed by atoms with Gasteiger partial charge in [0, 0.05) is 11.3 Å². The van der Waals surface area contributed by atoms with Gasteiger partial charge in [0.1, 0.15) is 11.5 Å². The first-order valence-corrected chi connectivity index (χ1v) is 18.1. The lowest BCUT2D eigenvalue weighted by molar-refractivity contribution is -0.132. The average molecular weight is 688 g/mol. The molecule has 3 aromatic carbocycles. The summed E-state index contributed by atoms with van der Waals surface area (Å²) in [6.45, 7) is 9.56. The van der Waals surface area contributed by atoms with E-state index in [1.165, 1.54) is 33.6 Å². The molecule has 1 fully saturated rings. The van der Waals surface area contributed by atoms with E-state index in [1.807, 2.05) is 20.8 Å². The SMILES string of the molecule is CCCCCOc1ccc(C2C(=C(O)c3ccc(OCCC)cc3)C(=O)C(=O)N2c2nnc(SCc3ccc(C)cc3)s2)cc1OCC. The van der Waals surface area contributed by atoms with Gasteiger partial charge < -0.3 is 19.3 Å². The molecule has 1 N–H and O–H groups in total. The Morgan fingerprint density at radius 1 is 0.875 bits per heavy atom. The third kappa shape index (κ3) is 8.19. The maximum absolute atomic E-state index is 13.8. The van der Waals surface area contributed by atoms with Crippen LogP contribution in [0.15, 0.2) is 76.6 Å². The van der Waals surface area contributed by atoms with Crippen LogP contribution in [0.3, 0.4) is 0 Å². The van der Waals surface area contributed by atoms with Gasteiger partial charge in [-0.1, -0.05) is 85.7 Å². The zero-order valence-corrected chi connectivity index (χ0v) is 29.4. The third-order valence-electron chi connectivity index (χ3n) is 7.72. The molecular weight excluding hydrogens is 647 g/mol. The van der Waals surface area contributed by atoms with Crippen molar-refractivity contribution in [3.63, 3.8) is 0 Å². The molecule has 252 valence electrons. The maximum Gasteiger partial charge on any atom is 0.301 e. The molecular formula is C37H41N3O6S2. The van der Waals surface area contributed by atoms with Crippen LogP contribution >= 0.6 is 23.1 Å². The van der Waals surface area contributed by atoms with E-state index in [-0.39, 0.29) is 16.5 Å². The van der Waals surface area contributed by atoms with Crippen molar-refractivity contribution < 1.29 is 28.9 Å². The van der Waals surface area contributed by atoms with Crippen molar-refractivity contribution in [3.8, 4) is 17.2 Å². The zero-order valence-electron chi connectivity index (χ0n) is 27.7. The molecule has 0 bridgehead atoms. The molecule has 1 amide bonds. The number of carbonyl (C=O) groups excluding carboxylic acids is 2. The summed E-state index contributed by atoms with van der Waals surface area (Å²) in [4.78, 5) is 28.9. The number of benzene rings is 3. The first kappa shape index (κ1) is 35.0.